The molecule has 0 atom stereocenters. The Balaban J connectivity index is 1.50. The number of benzene rings is 3. The molecule has 0 bridgehead atoms. The van der Waals surface area contributed by atoms with Gasteiger partial charge in [0.05, 0.1) is 0 Å². The Morgan fingerprint density at radius 2 is 1.57 bits per heavy atom. The number of para-hydroxylation sites is 1. The van der Waals surface area contributed by atoms with Gasteiger partial charge < -0.3 is 19.5 Å². The number of rotatable bonds is 16. The smallest absolute Gasteiger partial charge is 0.254 e. The number of halogens is 1. The van der Waals surface area contributed by atoms with E-state index >= 15 is 0 Å². The fourth-order valence-corrected chi connectivity index (χ4v) is 5.19. The van der Waals surface area contributed by atoms with Gasteiger partial charge in [-0.15, -0.1) is 0 Å². The van der Waals surface area contributed by atoms with Crippen molar-refractivity contribution in [1.29, 1.82) is 0 Å². The second kappa shape index (κ2) is 15.9. The van der Waals surface area contributed by atoms with Crippen molar-refractivity contribution in [3.05, 3.63) is 107 Å². The number of aryl methyl sites for hydroxylation is 1. The van der Waals surface area contributed by atoms with E-state index in [9.17, 15) is 14.0 Å². The van der Waals surface area contributed by atoms with Crippen molar-refractivity contribution in [2.24, 2.45) is 0 Å². The molecule has 1 heterocycles. The lowest BCUT2D eigenvalue weighted by atomic mass is 10.0. The van der Waals surface area contributed by atoms with Gasteiger partial charge in [-0.2, -0.15) is 0 Å². The number of aromatic amines is 1. The predicted molar refractivity (Wildman–Crippen MR) is 166 cm³/mol. The van der Waals surface area contributed by atoms with E-state index in [0.717, 1.165) is 34.9 Å². The van der Waals surface area contributed by atoms with Gasteiger partial charge in [-0.1, -0.05) is 62.2 Å². The van der Waals surface area contributed by atoms with E-state index in [1.54, 1.807) is 29.0 Å². The summed E-state index contributed by atoms with van der Waals surface area (Å²) in [7, 11) is 1.63. The number of nitrogens with zero attached hydrogens (tertiary/aromatic N) is 2. The highest BCUT2D eigenvalue weighted by Gasteiger charge is 2.23. The number of amides is 2. The number of hydrogen-bond donors (Lipinski definition) is 1. The van der Waals surface area contributed by atoms with E-state index in [1.165, 1.54) is 30.5 Å². The van der Waals surface area contributed by atoms with Crippen LogP contribution in [-0.4, -0.2) is 59.9 Å². The molecule has 222 valence electrons. The van der Waals surface area contributed by atoms with Crippen LogP contribution in [0.15, 0.2) is 79.0 Å². The number of unbranched alkanes of at least 4 members (excludes halogenated alkanes) is 2. The van der Waals surface area contributed by atoms with E-state index < -0.39 is 0 Å². The van der Waals surface area contributed by atoms with Gasteiger partial charge in [-0.3, -0.25) is 9.59 Å². The molecule has 0 radical (unpaired) electrons. The minimum atomic E-state index is -0.318. The maximum Gasteiger partial charge on any atom is 0.254 e. The van der Waals surface area contributed by atoms with Crippen LogP contribution in [-0.2, 0) is 28.9 Å². The summed E-state index contributed by atoms with van der Waals surface area (Å²) in [6.45, 7) is 3.83. The van der Waals surface area contributed by atoms with Crippen molar-refractivity contribution in [3.8, 4) is 0 Å². The molecule has 0 unspecified atom stereocenters. The minimum absolute atomic E-state index is 0.0458. The first-order valence-electron chi connectivity index (χ1n) is 14.9. The molecular formula is C35H42FN3O3. The van der Waals surface area contributed by atoms with Gasteiger partial charge in [0.2, 0.25) is 5.91 Å². The third kappa shape index (κ3) is 8.76. The van der Waals surface area contributed by atoms with Crippen molar-refractivity contribution in [1.82, 2.24) is 14.8 Å². The lowest BCUT2D eigenvalue weighted by molar-refractivity contribution is -0.132. The van der Waals surface area contributed by atoms with Crippen LogP contribution in [0.3, 0.4) is 0 Å². The molecule has 1 N–H and O–H groups in total. The first-order chi connectivity index (χ1) is 20.5. The number of fused-ring (bicyclic) bond motifs is 1. The quantitative estimate of drug-likeness (QED) is 0.151. The van der Waals surface area contributed by atoms with Crippen LogP contribution in [0.1, 0.15) is 59.7 Å². The highest BCUT2D eigenvalue weighted by Crippen LogP contribution is 2.19. The molecule has 1 aromatic heterocycles. The number of nitrogens with one attached hydrogen (secondary N) is 1. The van der Waals surface area contributed by atoms with E-state index in [-0.39, 0.29) is 24.2 Å². The molecule has 0 aliphatic rings. The molecule has 2 amide bonds. The second-order valence-corrected chi connectivity index (χ2v) is 10.8. The second-order valence-electron chi connectivity index (χ2n) is 10.8. The lowest BCUT2D eigenvalue weighted by Gasteiger charge is -2.28. The summed E-state index contributed by atoms with van der Waals surface area (Å²) in [5.41, 5.74) is 4.79. The Labute approximate surface area is 248 Å². The molecule has 0 aliphatic carbocycles. The third-order valence-corrected chi connectivity index (χ3v) is 7.63. The van der Waals surface area contributed by atoms with E-state index in [1.807, 2.05) is 48.7 Å². The monoisotopic (exact) mass is 571 g/mol. The normalized spacial score (nSPS) is 11.1. The van der Waals surface area contributed by atoms with Gasteiger partial charge >= 0.3 is 0 Å². The van der Waals surface area contributed by atoms with Gasteiger partial charge in [0.1, 0.15) is 12.4 Å². The van der Waals surface area contributed by atoms with E-state index in [4.69, 9.17) is 4.74 Å². The maximum atomic E-state index is 13.8. The minimum Gasteiger partial charge on any atom is -0.385 e. The predicted octanol–water partition coefficient (Wildman–Crippen LogP) is 6.79. The fourth-order valence-electron chi connectivity index (χ4n) is 5.19. The van der Waals surface area contributed by atoms with Gasteiger partial charge in [-0.25, -0.2) is 4.39 Å². The van der Waals surface area contributed by atoms with Crippen LogP contribution in [0.5, 0.6) is 0 Å². The first-order valence-corrected chi connectivity index (χ1v) is 14.9. The molecule has 0 saturated carbocycles. The van der Waals surface area contributed by atoms with Crippen LogP contribution in [0.25, 0.3) is 10.9 Å². The Morgan fingerprint density at radius 1 is 0.833 bits per heavy atom. The van der Waals surface area contributed by atoms with Gasteiger partial charge in [-0.05, 0) is 72.7 Å². The molecular weight excluding hydrogens is 529 g/mol. The third-order valence-electron chi connectivity index (χ3n) is 7.63. The Morgan fingerprint density at radius 3 is 2.31 bits per heavy atom. The average Bonchev–Trinajstić information content (AvgIpc) is 3.43. The molecule has 4 rings (SSSR count). The summed E-state index contributed by atoms with van der Waals surface area (Å²) in [4.78, 5) is 34.1. The summed E-state index contributed by atoms with van der Waals surface area (Å²) in [6, 6.07) is 22.1. The largest absolute Gasteiger partial charge is 0.385 e. The highest BCUT2D eigenvalue weighted by molar-refractivity contribution is 5.96. The lowest BCUT2D eigenvalue weighted by Crippen LogP contribution is -2.44. The molecule has 0 aliphatic heterocycles. The zero-order chi connectivity index (χ0) is 29.7. The molecule has 7 heteroatoms. The van der Waals surface area contributed by atoms with E-state index in [2.05, 4.69) is 18.0 Å². The van der Waals surface area contributed by atoms with Crippen molar-refractivity contribution in [2.75, 3.05) is 33.4 Å². The number of methoxy groups -OCH3 is 1. The Kier molecular flexibility index (Phi) is 11.7. The van der Waals surface area contributed by atoms with Gasteiger partial charge in [0.15, 0.2) is 0 Å². The number of aromatic nitrogens is 1. The van der Waals surface area contributed by atoms with Crippen LogP contribution >= 0.6 is 0 Å². The van der Waals surface area contributed by atoms with Crippen molar-refractivity contribution in [2.45, 2.75) is 52.0 Å². The highest BCUT2D eigenvalue weighted by atomic mass is 19.1. The van der Waals surface area contributed by atoms with Gasteiger partial charge in [0.25, 0.3) is 5.91 Å². The van der Waals surface area contributed by atoms with Crippen LogP contribution < -0.4 is 0 Å². The molecule has 0 saturated heterocycles. The Hall–Kier alpha value is -3.97. The van der Waals surface area contributed by atoms with Gasteiger partial charge in [0, 0.05) is 56.0 Å². The molecule has 6 nitrogen and oxygen atoms in total. The SMILES string of the molecule is CCCCCc1ccc(C(=O)N(CCCOC)CC(=O)N(CCc2c[nH]c3ccccc23)Cc2ccc(F)cc2)cc1. The summed E-state index contributed by atoms with van der Waals surface area (Å²) in [5, 5.41) is 1.13. The number of carbonyl (C=O) groups excluding carboxylic acids is 2. The maximum absolute atomic E-state index is 13.8. The summed E-state index contributed by atoms with van der Waals surface area (Å²) in [6.07, 6.45) is 7.73. The number of H-pyrrole nitrogens is 1. The Bertz CT molecular complexity index is 1420. The van der Waals surface area contributed by atoms with Crippen LogP contribution in [0.2, 0.25) is 0 Å². The number of hydrogen-bond acceptors (Lipinski definition) is 3. The standard InChI is InChI=1S/C35H42FN3O3/c1-3-4-5-9-27-12-16-29(17-13-27)35(41)39(21-8-23-42-2)26-34(40)38(25-28-14-18-31(36)19-15-28)22-20-30-24-37-33-11-7-6-10-32(30)33/h6-7,10-19,24,37H,3-5,8-9,20-23,25-26H2,1-2H3. The molecule has 42 heavy (non-hydrogen) atoms. The zero-order valence-electron chi connectivity index (χ0n) is 24.8. The fraction of sp³-hybridized carbons (Fsp3) is 0.371. The van der Waals surface area contributed by atoms with Crippen molar-refractivity contribution < 1.29 is 18.7 Å². The van der Waals surface area contributed by atoms with Crippen molar-refractivity contribution in [3.63, 3.8) is 0 Å². The summed E-state index contributed by atoms with van der Waals surface area (Å²) < 4.78 is 18.8. The molecule has 3 aromatic carbocycles. The zero-order valence-corrected chi connectivity index (χ0v) is 24.8. The molecule has 0 spiro atoms. The molecule has 0 fully saturated rings. The number of ether oxygens (including phenoxy) is 1. The average molecular weight is 572 g/mol. The molecule has 4 aromatic rings. The topological polar surface area (TPSA) is 65.6 Å². The summed E-state index contributed by atoms with van der Waals surface area (Å²) >= 11 is 0. The van der Waals surface area contributed by atoms with Crippen LogP contribution in [0, 0.1) is 5.82 Å². The first kappa shape index (κ1) is 31.0. The number of carbonyl (C=O) groups is 2. The van der Waals surface area contributed by atoms with E-state index in [0.29, 0.717) is 44.6 Å². The van der Waals surface area contributed by atoms with Crippen LogP contribution in [0.4, 0.5) is 4.39 Å². The van der Waals surface area contributed by atoms with Crippen molar-refractivity contribution >= 4 is 22.7 Å². The summed E-state index contributed by atoms with van der Waals surface area (Å²) in [5.74, 6) is -0.638.